The van der Waals surface area contributed by atoms with Crippen LogP contribution in [-0.4, -0.2) is 12.1 Å². The van der Waals surface area contributed by atoms with Crippen molar-refractivity contribution in [3.8, 4) is 23.1 Å². The maximum absolute atomic E-state index is 13.6. The molecule has 0 spiro atoms. The number of alkyl halides is 3. The molecule has 29 heavy (non-hydrogen) atoms. The molecule has 0 aliphatic heterocycles. The van der Waals surface area contributed by atoms with Gasteiger partial charge in [0.2, 0.25) is 0 Å². The zero-order valence-corrected chi connectivity index (χ0v) is 16.7. The van der Waals surface area contributed by atoms with Crippen LogP contribution in [0.5, 0.6) is 5.75 Å². The summed E-state index contributed by atoms with van der Waals surface area (Å²) in [6.07, 6.45) is -4.68. The van der Waals surface area contributed by atoms with Crippen LogP contribution in [0.4, 0.5) is 13.2 Å². The van der Waals surface area contributed by atoms with Gasteiger partial charge in [-0.1, -0.05) is 23.7 Å². The molecular weight excluding hydrogens is 421 g/mol. The van der Waals surface area contributed by atoms with E-state index in [2.05, 4.69) is 4.98 Å². The second-order valence-corrected chi connectivity index (χ2v) is 7.39. The first-order chi connectivity index (χ1) is 13.8. The molecule has 0 atom stereocenters. The molecular formula is C21H14ClF3N2OS. The number of rotatable bonds is 5. The first-order valence-corrected chi connectivity index (χ1v) is 9.72. The molecule has 0 aliphatic rings. The molecule has 0 unspecified atom stereocenters. The van der Waals surface area contributed by atoms with Crippen LogP contribution in [0.2, 0.25) is 5.02 Å². The summed E-state index contributed by atoms with van der Waals surface area (Å²) in [4.78, 5) is 4.35. The average Bonchev–Trinajstić information content (AvgIpc) is 2.72. The number of ether oxygens (including phenoxy) is 1. The summed E-state index contributed by atoms with van der Waals surface area (Å²) in [5.74, 6) is 0.929. The fourth-order valence-corrected chi connectivity index (χ4v) is 3.68. The van der Waals surface area contributed by atoms with Gasteiger partial charge in [-0.3, -0.25) is 0 Å². The summed E-state index contributed by atoms with van der Waals surface area (Å²) >= 11 is 6.94. The van der Waals surface area contributed by atoms with Crippen molar-refractivity contribution < 1.29 is 17.9 Å². The van der Waals surface area contributed by atoms with Gasteiger partial charge in [0.25, 0.3) is 0 Å². The molecule has 0 radical (unpaired) electrons. The third-order valence-electron chi connectivity index (χ3n) is 4.08. The highest BCUT2D eigenvalue weighted by Gasteiger charge is 2.36. The summed E-state index contributed by atoms with van der Waals surface area (Å²) in [7, 11) is 1.50. The van der Waals surface area contributed by atoms with Gasteiger partial charge in [0.15, 0.2) is 0 Å². The average molecular weight is 435 g/mol. The first-order valence-electron chi connectivity index (χ1n) is 8.36. The van der Waals surface area contributed by atoms with Crippen molar-refractivity contribution in [1.29, 1.82) is 5.26 Å². The van der Waals surface area contributed by atoms with Gasteiger partial charge in [-0.05, 0) is 48.0 Å². The van der Waals surface area contributed by atoms with E-state index >= 15 is 0 Å². The van der Waals surface area contributed by atoms with Crippen LogP contribution in [0.15, 0.2) is 59.6 Å². The molecule has 2 aromatic carbocycles. The number of nitriles is 1. The SMILES string of the molecule is COc1ccc(-c2cc(C(F)(F)F)c(C#N)c(SCc3ccc(Cl)cc3)n2)cc1. The molecule has 3 aromatic rings. The van der Waals surface area contributed by atoms with E-state index in [1.54, 1.807) is 54.6 Å². The predicted molar refractivity (Wildman–Crippen MR) is 107 cm³/mol. The minimum atomic E-state index is -4.68. The van der Waals surface area contributed by atoms with Gasteiger partial charge >= 0.3 is 6.18 Å². The van der Waals surface area contributed by atoms with Gasteiger partial charge in [-0.25, -0.2) is 4.98 Å². The molecule has 0 bridgehead atoms. The Bertz CT molecular complexity index is 1050. The van der Waals surface area contributed by atoms with E-state index in [0.29, 0.717) is 22.1 Å². The van der Waals surface area contributed by atoms with Crippen LogP contribution < -0.4 is 4.74 Å². The van der Waals surface area contributed by atoms with Crippen molar-refractivity contribution in [3.05, 3.63) is 76.3 Å². The van der Waals surface area contributed by atoms with E-state index in [-0.39, 0.29) is 10.7 Å². The van der Waals surface area contributed by atoms with E-state index in [9.17, 15) is 18.4 Å². The van der Waals surface area contributed by atoms with E-state index in [1.807, 2.05) is 0 Å². The van der Waals surface area contributed by atoms with E-state index in [0.717, 1.165) is 23.4 Å². The Hall–Kier alpha value is -2.69. The highest BCUT2D eigenvalue weighted by Crippen LogP contribution is 2.38. The molecule has 0 saturated heterocycles. The number of halogens is 4. The lowest BCUT2D eigenvalue weighted by Gasteiger charge is -2.14. The van der Waals surface area contributed by atoms with Crippen LogP contribution in [0.25, 0.3) is 11.3 Å². The molecule has 148 valence electrons. The van der Waals surface area contributed by atoms with E-state index < -0.39 is 17.3 Å². The largest absolute Gasteiger partial charge is 0.497 e. The number of nitrogens with zero attached hydrogens (tertiary/aromatic N) is 2. The fraction of sp³-hybridized carbons (Fsp3) is 0.143. The Balaban J connectivity index is 2.04. The molecule has 3 rings (SSSR count). The van der Waals surface area contributed by atoms with Crippen molar-refractivity contribution in [2.24, 2.45) is 0 Å². The molecule has 0 fully saturated rings. The van der Waals surface area contributed by atoms with Gasteiger partial charge in [0.1, 0.15) is 16.8 Å². The lowest BCUT2D eigenvalue weighted by molar-refractivity contribution is -0.138. The van der Waals surface area contributed by atoms with Crippen molar-refractivity contribution in [2.75, 3.05) is 7.11 Å². The summed E-state index contributed by atoms with van der Waals surface area (Å²) in [6.45, 7) is 0. The van der Waals surface area contributed by atoms with E-state index in [4.69, 9.17) is 16.3 Å². The number of pyridine rings is 1. The smallest absolute Gasteiger partial charge is 0.417 e. The van der Waals surface area contributed by atoms with Crippen molar-refractivity contribution in [1.82, 2.24) is 4.98 Å². The summed E-state index contributed by atoms with van der Waals surface area (Å²) < 4.78 is 45.9. The Labute approximate surface area is 175 Å². The number of hydrogen-bond donors (Lipinski definition) is 0. The fourth-order valence-electron chi connectivity index (χ4n) is 2.60. The predicted octanol–water partition coefficient (Wildman–Crippen LogP) is 6.59. The molecule has 8 heteroatoms. The van der Waals surface area contributed by atoms with Crippen LogP contribution in [0.3, 0.4) is 0 Å². The standard InChI is InChI=1S/C21H14ClF3N2OS/c1-28-16-8-4-14(5-9-16)19-10-18(21(23,24)25)17(11-26)20(27-19)29-12-13-2-6-15(22)7-3-13/h2-10H,12H2,1H3. The van der Waals surface area contributed by atoms with Gasteiger partial charge in [0, 0.05) is 16.3 Å². The molecule has 1 aromatic heterocycles. The normalized spacial score (nSPS) is 11.2. The minimum Gasteiger partial charge on any atom is -0.497 e. The quantitative estimate of drug-likeness (QED) is 0.425. The highest BCUT2D eigenvalue weighted by molar-refractivity contribution is 7.98. The van der Waals surface area contributed by atoms with Crippen LogP contribution in [0, 0.1) is 11.3 Å². The number of methoxy groups -OCH3 is 1. The Morgan fingerprint density at radius 2 is 1.76 bits per heavy atom. The maximum Gasteiger partial charge on any atom is 0.417 e. The molecule has 0 amide bonds. The molecule has 0 N–H and O–H groups in total. The van der Waals surface area contributed by atoms with Crippen molar-refractivity contribution in [2.45, 2.75) is 17.0 Å². The highest BCUT2D eigenvalue weighted by atomic mass is 35.5. The molecule has 0 saturated carbocycles. The summed E-state index contributed by atoms with van der Waals surface area (Å²) in [5.41, 5.74) is 0.00775. The zero-order chi connectivity index (χ0) is 21.0. The third kappa shape index (κ3) is 5.03. The number of thioether (sulfide) groups is 1. The van der Waals surface area contributed by atoms with Crippen molar-refractivity contribution in [3.63, 3.8) is 0 Å². The van der Waals surface area contributed by atoms with Crippen molar-refractivity contribution >= 4 is 23.4 Å². The number of benzene rings is 2. The minimum absolute atomic E-state index is 0.0306. The second kappa shape index (κ2) is 8.76. The summed E-state index contributed by atoms with van der Waals surface area (Å²) in [6, 6.07) is 16.1. The first kappa shape index (κ1) is 21.0. The number of hydrogen-bond acceptors (Lipinski definition) is 4. The molecule has 1 heterocycles. The summed E-state index contributed by atoms with van der Waals surface area (Å²) in [5, 5.41) is 9.98. The monoisotopic (exact) mass is 434 g/mol. The van der Waals surface area contributed by atoms with Gasteiger partial charge < -0.3 is 4.74 Å². The lowest BCUT2D eigenvalue weighted by Crippen LogP contribution is -2.10. The van der Waals surface area contributed by atoms with Crippen LogP contribution >= 0.6 is 23.4 Å². The zero-order valence-electron chi connectivity index (χ0n) is 15.1. The second-order valence-electron chi connectivity index (χ2n) is 5.99. The Kier molecular flexibility index (Phi) is 6.36. The van der Waals surface area contributed by atoms with Gasteiger partial charge in [-0.2, -0.15) is 18.4 Å². The topological polar surface area (TPSA) is 45.9 Å². The van der Waals surface area contributed by atoms with Gasteiger partial charge in [0.05, 0.1) is 23.9 Å². The lowest BCUT2D eigenvalue weighted by atomic mass is 10.1. The Morgan fingerprint density at radius 1 is 1.10 bits per heavy atom. The number of aromatic nitrogens is 1. The molecule has 3 nitrogen and oxygen atoms in total. The third-order valence-corrected chi connectivity index (χ3v) is 5.38. The maximum atomic E-state index is 13.6. The van der Waals surface area contributed by atoms with Crippen LogP contribution in [0.1, 0.15) is 16.7 Å². The van der Waals surface area contributed by atoms with E-state index in [1.165, 1.54) is 7.11 Å². The van der Waals surface area contributed by atoms with Crippen LogP contribution in [-0.2, 0) is 11.9 Å². The Morgan fingerprint density at radius 3 is 2.31 bits per heavy atom. The van der Waals surface area contributed by atoms with Gasteiger partial charge in [-0.15, -0.1) is 11.8 Å². The molecule has 0 aliphatic carbocycles.